The molecule has 1 saturated heterocycles. The van der Waals surface area contributed by atoms with E-state index < -0.39 is 5.60 Å². The second kappa shape index (κ2) is 9.94. The molecule has 1 aromatic heterocycles. The Kier molecular flexibility index (Phi) is 7.91. The van der Waals surface area contributed by atoms with Gasteiger partial charge in [0.1, 0.15) is 5.75 Å². The van der Waals surface area contributed by atoms with E-state index in [2.05, 4.69) is 20.8 Å². The number of benzene rings is 1. The van der Waals surface area contributed by atoms with Gasteiger partial charge in [0.25, 0.3) is 5.91 Å². The van der Waals surface area contributed by atoms with E-state index in [0.29, 0.717) is 36.8 Å². The number of methoxy groups -OCH3 is 1. The van der Waals surface area contributed by atoms with Gasteiger partial charge >= 0.3 is 0 Å². The second-order valence-corrected chi connectivity index (χ2v) is 6.74. The standard InChI is InChI=1S/C18H23ClN4O3.ClH/c1-25-12-15-10-14(22-23-15)11-21-17(24)18(6-8-20-9-7-18)26-16-4-2-13(19)3-5-16;/h2-5,10,20H,6-9,11-12H2,1H3,(H,21,24)(H,22,23);1H. The molecule has 2 heterocycles. The Morgan fingerprint density at radius 2 is 2.00 bits per heavy atom. The lowest BCUT2D eigenvalue weighted by molar-refractivity contribution is -0.139. The summed E-state index contributed by atoms with van der Waals surface area (Å²) in [6.07, 6.45) is 1.19. The number of aromatic amines is 1. The summed E-state index contributed by atoms with van der Waals surface area (Å²) in [6.45, 7) is 2.24. The molecule has 1 aliphatic heterocycles. The van der Waals surface area contributed by atoms with Gasteiger partial charge in [-0.05, 0) is 43.4 Å². The van der Waals surface area contributed by atoms with Gasteiger partial charge in [-0.25, -0.2) is 0 Å². The predicted octanol–water partition coefficient (Wildman–Crippen LogP) is 2.45. The van der Waals surface area contributed by atoms with Crippen LogP contribution in [0.1, 0.15) is 24.2 Å². The van der Waals surface area contributed by atoms with Crippen LogP contribution in [-0.4, -0.2) is 41.9 Å². The van der Waals surface area contributed by atoms with Crippen LogP contribution >= 0.6 is 24.0 Å². The van der Waals surface area contributed by atoms with Gasteiger partial charge in [-0.15, -0.1) is 12.4 Å². The quantitative estimate of drug-likeness (QED) is 0.647. The minimum atomic E-state index is -0.894. The Morgan fingerprint density at radius 1 is 1.30 bits per heavy atom. The van der Waals surface area contributed by atoms with Gasteiger partial charge in [0, 0.05) is 25.0 Å². The van der Waals surface area contributed by atoms with Gasteiger partial charge in [0.2, 0.25) is 0 Å². The van der Waals surface area contributed by atoms with E-state index in [0.717, 1.165) is 24.5 Å². The Morgan fingerprint density at radius 3 is 2.67 bits per heavy atom. The molecule has 0 aliphatic carbocycles. The van der Waals surface area contributed by atoms with Gasteiger partial charge in [-0.3, -0.25) is 9.89 Å². The average Bonchev–Trinajstić information content (AvgIpc) is 3.10. The van der Waals surface area contributed by atoms with Crippen LogP contribution in [0.4, 0.5) is 0 Å². The van der Waals surface area contributed by atoms with Gasteiger partial charge in [-0.1, -0.05) is 11.6 Å². The molecule has 9 heteroatoms. The maximum Gasteiger partial charge on any atom is 0.264 e. The minimum Gasteiger partial charge on any atom is -0.477 e. The molecule has 1 aromatic carbocycles. The van der Waals surface area contributed by atoms with Crippen molar-refractivity contribution in [3.05, 3.63) is 46.7 Å². The number of amides is 1. The summed E-state index contributed by atoms with van der Waals surface area (Å²) >= 11 is 5.93. The van der Waals surface area contributed by atoms with E-state index in [1.165, 1.54) is 0 Å². The number of ether oxygens (including phenoxy) is 2. The summed E-state index contributed by atoms with van der Waals surface area (Å²) in [5, 5.41) is 13.9. The Bertz CT molecular complexity index is 730. The van der Waals surface area contributed by atoms with Crippen molar-refractivity contribution < 1.29 is 14.3 Å². The second-order valence-electron chi connectivity index (χ2n) is 6.30. The van der Waals surface area contributed by atoms with Crippen LogP contribution in [0.15, 0.2) is 30.3 Å². The molecule has 27 heavy (non-hydrogen) atoms. The number of hydrogen-bond acceptors (Lipinski definition) is 5. The van der Waals surface area contributed by atoms with Crippen LogP contribution in [-0.2, 0) is 22.7 Å². The topological polar surface area (TPSA) is 88.3 Å². The predicted molar refractivity (Wildman–Crippen MR) is 105 cm³/mol. The molecule has 1 amide bonds. The van der Waals surface area contributed by atoms with Crippen molar-refractivity contribution >= 4 is 29.9 Å². The van der Waals surface area contributed by atoms with Gasteiger partial charge in [0.05, 0.1) is 24.5 Å². The molecule has 2 aromatic rings. The highest BCUT2D eigenvalue weighted by Gasteiger charge is 2.42. The van der Waals surface area contributed by atoms with E-state index in [9.17, 15) is 4.79 Å². The summed E-state index contributed by atoms with van der Waals surface area (Å²) in [5.74, 6) is 0.507. The molecular weight excluding hydrogens is 391 g/mol. The van der Waals surface area contributed by atoms with Crippen molar-refractivity contribution in [3.63, 3.8) is 0 Å². The Labute approximate surface area is 169 Å². The SMILES string of the molecule is COCc1cc(CNC(=O)C2(Oc3ccc(Cl)cc3)CCNCC2)[nH]n1.Cl. The lowest BCUT2D eigenvalue weighted by atomic mass is 9.91. The van der Waals surface area contributed by atoms with E-state index in [-0.39, 0.29) is 18.3 Å². The molecule has 0 unspecified atom stereocenters. The zero-order valence-corrected chi connectivity index (χ0v) is 16.7. The third-order valence-corrected chi connectivity index (χ3v) is 4.62. The number of carbonyl (C=O) groups is 1. The van der Waals surface area contributed by atoms with Crippen molar-refractivity contribution in [2.45, 2.75) is 31.6 Å². The molecular formula is C18H24Cl2N4O3. The fraction of sp³-hybridized carbons (Fsp3) is 0.444. The number of hydrogen-bond donors (Lipinski definition) is 3. The van der Waals surface area contributed by atoms with Crippen LogP contribution in [0.2, 0.25) is 5.02 Å². The summed E-state index contributed by atoms with van der Waals surface area (Å²) in [5.41, 5.74) is 0.723. The first-order valence-electron chi connectivity index (χ1n) is 8.57. The maximum absolute atomic E-state index is 12.9. The van der Waals surface area contributed by atoms with Crippen LogP contribution in [0, 0.1) is 0 Å². The normalized spacial score (nSPS) is 15.6. The average molecular weight is 415 g/mol. The molecule has 0 saturated carbocycles. The highest BCUT2D eigenvalue weighted by molar-refractivity contribution is 6.30. The zero-order chi connectivity index (χ0) is 18.4. The summed E-state index contributed by atoms with van der Waals surface area (Å²) in [6, 6.07) is 8.95. The first-order valence-corrected chi connectivity index (χ1v) is 8.95. The number of rotatable bonds is 7. The molecule has 0 atom stereocenters. The summed E-state index contributed by atoms with van der Waals surface area (Å²) < 4.78 is 11.2. The molecule has 3 N–H and O–H groups in total. The van der Waals surface area contributed by atoms with Gasteiger partial charge < -0.3 is 20.1 Å². The molecule has 3 rings (SSSR count). The fourth-order valence-corrected chi connectivity index (χ4v) is 3.12. The van der Waals surface area contributed by atoms with Crippen LogP contribution in [0.5, 0.6) is 5.75 Å². The fourth-order valence-electron chi connectivity index (χ4n) is 2.99. The smallest absolute Gasteiger partial charge is 0.264 e. The highest BCUT2D eigenvalue weighted by Crippen LogP contribution is 2.28. The Hall–Kier alpha value is -1.80. The van der Waals surface area contributed by atoms with Crippen LogP contribution < -0.4 is 15.4 Å². The van der Waals surface area contributed by atoms with E-state index >= 15 is 0 Å². The number of nitrogens with zero attached hydrogens (tertiary/aromatic N) is 1. The maximum atomic E-state index is 12.9. The number of aromatic nitrogens is 2. The lowest BCUT2D eigenvalue weighted by Crippen LogP contribution is -2.56. The molecule has 7 nitrogen and oxygen atoms in total. The number of nitrogens with one attached hydrogen (secondary N) is 3. The van der Waals surface area contributed by atoms with Crippen molar-refractivity contribution in [1.29, 1.82) is 0 Å². The van der Waals surface area contributed by atoms with Crippen molar-refractivity contribution in [3.8, 4) is 5.75 Å². The molecule has 1 aliphatic rings. The molecule has 0 spiro atoms. The van der Waals surface area contributed by atoms with Gasteiger partial charge in [-0.2, -0.15) is 5.10 Å². The van der Waals surface area contributed by atoms with Crippen molar-refractivity contribution in [2.75, 3.05) is 20.2 Å². The number of H-pyrrole nitrogens is 1. The van der Waals surface area contributed by atoms with Crippen molar-refractivity contribution in [2.24, 2.45) is 0 Å². The van der Waals surface area contributed by atoms with Crippen LogP contribution in [0.3, 0.4) is 0 Å². The molecule has 148 valence electrons. The molecule has 1 fully saturated rings. The first-order chi connectivity index (χ1) is 12.6. The largest absolute Gasteiger partial charge is 0.477 e. The minimum absolute atomic E-state index is 0. The van der Waals surface area contributed by atoms with E-state index in [1.54, 1.807) is 31.4 Å². The van der Waals surface area contributed by atoms with Crippen LogP contribution in [0.25, 0.3) is 0 Å². The molecule has 0 bridgehead atoms. The van der Waals surface area contributed by atoms with E-state index in [4.69, 9.17) is 21.1 Å². The van der Waals surface area contributed by atoms with Crippen molar-refractivity contribution in [1.82, 2.24) is 20.8 Å². The number of halogens is 2. The first kappa shape index (κ1) is 21.5. The zero-order valence-electron chi connectivity index (χ0n) is 15.1. The highest BCUT2D eigenvalue weighted by atomic mass is 35.5. The van der Waals surface area contributed by atoms with Gasteiger partial charge in [0.15, 0.2) is 5.60 Å². The third kappa shape index (κ3) is 5.59. The van der Waals surface area contributed by atoms with E-state index in [1.807, 2.05) is 6.07 Å². The summed E-state index contributed by atoms with van der Waals surface area (Å²) in [4.78, 5) is 12.9. The lowest BCUT2D eigenvalue weighted by Gasteiger charge is -2.36. The molecule has 0 radical (unpaired) electrons. The summed E-state index contributed by atoms with van der Waals surface area (Å²) in [7, 11) is 1.62. The number of piperidine rings is 1. The monoisotopic (exact) mass is 414 g/mol. The third-order valence-electron chi connectivity index (χ3n) is 4.37. The Balaban J connectivity index is 0.00000261. The number of carbonyl (C=O) groups excluding carboxylic acids is 1.